The zero-order chi connectivity index (χ0) is 15.4. The Balaban J connectivity index is 2.56. The maximum absolute atomic E-state index is 3.59. The third-order valence-corrected chi connectivity index (χ3v) is 6.05. The lowest BCUT2D eigenvalue weighted by atomic mass is 10.0. The Kier molecular flexibility index (Phi) is 5.56. The zero-order valence-electron chi connectivity index (χ0n) is 13.7. The van der Waals surface area contributed by atoms with Crippen LogP contribution in [-0.2, 0) is 0 Å². The van der Waals surface area contributed by atoms with Gasteiger partial charge < -0.3 is 0 Å². The van der Waals surface area contributed by atoms with E-state index in [1.807, 2.05) is 0 Å². The van der Waals surface area contributed by atoms with Gasteiger partial charge in [0.25, 0.3) is 0 Å². The van der Waals surface area contributed by atoms with Crippen molar-refractivity contribution in [3.8, 4) is 0 Å². The third-order valence-electron chi connectivity index (χ3n) is 3.82. The second-order valence-electron chi connectivity index (χ2n) is 5.99. The Morgan fingerprint density at radius 1 is 0.714 bits per heavy atom. The Labute approximate surface area is 130 Å². The average Bonchev–Trinajstić information content (AvgIpc) is 2.48. The molecule has 0 saturated heterocycles. The summed E-state index contributed by atoms with van der Waals surface area (Å²) < 4.78 is 0. The summed E-state index contributed by atoms with van der Waals surface area (Å²) in [7, 11) is 1.58. The minimum absolute atomic E-state index is 0.505. The molecule has 0 amide bonds. The minimum atomic E-state index is -0.505. The Bertz CT molecular complexity index is 538. The van der Waals surface area contributed by atoms with E-state index in [1.54, 1.807) is 0 Å². The standard InChI is InChI=1S/C19H26NP/c1-14(2)16-10-6-8-12-18(16)21(20-5)19-13-9-7-11-17(19)15(3)4/h6-15,20H,1-5H3. The number of nitrogens with one attached hydrogen (secondary N) is 1. The summed E-state index contributed by atoms with van der Waals surface area (Å²) in [5, 5.41) is 6.50. The van der Waals surface area contributed by atoms with Crippen LogP contribution < -0.4 is 15.7 Å². The van der Waals surface area contributed by atoms with E-state index in [0.717, 1.165) is 0 Å². The Morgan fingerprint density at radius 3 is 1.43 bits per heavy atom. The fourth-order valence-corrected chi connectivity index (χ4v) is 5.12. The van der Waals surface area contributed by atoms with Crippen molar-refractivity contribution in [1.82, 2.24) is 5.09 Å². The van der Waals surface area contributed by atoms with E-state index in [2.05, 4.69) is 88.4 Å². The molecule has 21 heavy (non-hydrogen) atoms. The molecule has 0 aliphatic heterocycles. The quantitative estimate of drug-likeness (QED) is 0.802. The van der Waals surface area contributed by atoms with Crippen LogP contribution in [0, 0.1) is 0 Å². The van der Waals surface area contributed by atoms with Crippen LogP contribution in [0.3, 0.4) is 0 Å². The molecule has 2 aromatic rings. The number of hydrogen-bond donors (Lipinski definition) is 1. The Hall–Kier alpha value is -1.17. The first kappa shape index (κ1) is 16.2. The monoisotopic (exact) mass is 299 g/mol. The van der Waals surface area contributed by atoms with Crippen molar-refractivity contribution >= 4 is 18.7 Å². The molecule has 0 heterocycles. The van der Waals surface area contributed by atoms with Crippen LogP contribution in [-0.4, -0.2) is 7.05 Å². The van der Waals surface area contributed by atoms with Gasteiger partial charge in [-0.3, -0.25) is 5.09 Å². The van der Waals surface area contributed by atoms with E-state index in [9.17, 15) is 0 Å². The zero-order valence-corrected chi connectivity index (χ0v) is 14.6. The molecule has 0 aromatic heterocycles. The lowest BCUT2D eigenvalue weighted by Gasteiger charge is -2.25. The van der Waals surface area contributed by atoms with Crippen molar-refractivity contribution in [3.63, 3.8) is 0 Å². The molecule has 0 spiro atoms. The first-order valence-corrected chi connectivity index (χ1v) is 9.05. The lowest BCUT2D eigenvalue weighted by Crippen LogP contribution is -2.26. The molecule has 1 nitrogen and oxygen atoms in total. The average molecular weight is 299 g/mol. The van der Waals surface area contributed by atoms with Crippen molar-refractivity contribution in [3.05, 3.63) is 59.7 Å². The molecule has 1 N–H and O–H groups in total. The van der Waals surface area contributed by atoms with Crippen LogP contribution in [0.1, 0.15) is 50.7 Å². The van der Waals surface area contributed by atoms with Crippen LogP contribution in [0.25, 0.3) is 0 Å². The van der Waals surface area contributed by atoms with Gasteiger partial charge in [-0.1, -0.05) is 76.2 Å². The normalized spacial score (nSPS) is 11.6. The van der Waals surface area contributed by atoms with E-state index in [1.165, 1.54) is 21.7 Å². The predicted molar refractivity (Wildman–Crippen MR) is 96.3 cm³/mol. The SMILES string of the molecule is CNP(c1ccccc1C(C)C)c1ccccc1C(C)C. The first-order chi connectivity index (χ1) is 10.1. The maximum atomic E-state index is 3.59. The molecule has 2 rings (SSSR count). The molecule has 0 unspecified atom stereocenters. The molecule has 0 bridgehead atoms. The van der Waals surface area contributed by atoms with Crippen molar-refractivity contribution in [2.45, 2.75) is 39.5 Å². The number of rotatable bonds is 5. The highest BCUT2D eigenvalue weighted by Gasteiger charge is 2.20. The topological polar surface area (TPSA) is 12.0 Å². The summed E-state index contributed by atoms with van der Waals surface area (Å²) in [6, 6.07) is 17.7. The van der Waals surface area contributed by atoms with Crippen molar-refractivity contribution < 1.29 is 0 Å². The van der Waals surface area contributed by atoms with Gasteiger partial charge in [-0.25, -0.2) is 0 Å². The van der Waals surface area contributed by atoms with Crippen LogP contribution >= 0.6 is 8.07 Å². The summed E-state index contributed by atoms with van der Waals surface area (Å²) in [6.45, 7) is 9.10. The van der Waals surface area contributed by atoms with Gasteiger partial charge in [0.05, 0.1) is 0 Å². The van der Waals surface area contributed by atoms with E-state index in [4.69, 9.17) is 0 Å². The third kappa shape index (κ3) is 3.54. The van der Waals surface area contributed by atoms with E-state index >= 15 is 0 Å². The summed E-state index contributed by atoms with van der Waals surface area (Å²) >= 11 is 0. The van der Waals surface area contributed by atoms with Crippen LogP contribution in [0.2, 0.25) is 0 Å². The molecule has 112 valence electrons. The molecule has 0 fully saturated rings. The molecular weight excluding hydrogens is 273 g/mol. The second-order valence-corrected chi connectivity index (χ2v) is 8.07. The van der Waals surface area contributed by atoms with Gasteiger partial charge in [-0.2, -0.15) is 0 Å². The van der Waals surface area contributed by atoms with Gasteiger partial charge in [0.15, 0.2) is 0 Å². The van der Waals surface area contributed by atoms with Gasteiger partial charge in [-0.15, -0.1) is 0 Å². The maximum Gasteiger partial charge on any atom is 0.0256 e. The molecule has 2 heteroatoms. The van der Waals surface area contributed by atoms with E-state index in [0.29, 0.717) is 11.8 Å². The van der Waals surface area contributed by atoms with E-state index < -0.39 is 8.07 Å². The summed E-state index contributed by atoms with van der Waals surface area (Å²) in [5.74, 6) is 1.09. The molecule has 2 aromatic carbocycles. The van der Waals surface area contributed by atoms with Crippen LogP contribution in [0.5, 0.6) is 0 Å². The van der Waals surface area contributed by atoms with Crippen molar-refractivity contribution in [1.29, 1.82) is 0 Å². The molecule has 0 atom stereocenters. The van der Waals surface area contributed by atoms with E-state index in [-0.39, 0.29) is 0 Å². The summed E-state index contributed by atoms with van der Waals surface area (Å²) in [5.41, 5.74) is 2.91. The first-order valence-electron chi connectivity index (χ1n) is 7.71. The smallest absolute Gasteiger partial charge is 0.0256 e. The summed E-state index contributed by atoms with van der Waals surface area (Å²) in [6.07, 6.45) is 0. The van der Waals surface area contributed by atoms with Gasteiger partial charge in [-0.05, 0) is 40.6 Å². The molecule has 0 radical (unpaired) electrons. The Morgan fingerprint density at radius 2 is 1.10 bits per heavy atom. The fourth-order valence-electron chi connectivity index (χ4n) is 2.73. The van der Waals surface area contributed by atoms with Crippen LogP contribution in [0.15, 0.2) is 48.5 Å². The second kappa shape index (κ2) is 7.20. The van der Waals surface area contributed by atoms with Gasteiger partial charge in [0, 0.05) is 8.07 Å². The highest BCUT2D eigenvalue weighted by molar-refractivity contribution is 7.71. The van der Waals surface area contributed by atoms with Gasteiger partial charge in [0.1, 0.15) is 0 Å². The van der Waals surface area contributed by atoms with Gasteiger partial charge >= 0.3 is 0 Å². The van der Waals surface area contributed by atoms with Gasteiger partial charge in [0.2, 0.25) is 0 Å². The molecular formula is C19H26NP. The van der Waals surface area contributed by atoms with Crippen molar-refractivity contribution in [2.75, 3.05) is 7.05 Å². The fraction of sp³-hybridized carbons (Fsp3) is 0.368. The molecule has 0 aliphatic carbocycles. The number of benzene rings is 2. The highest BCUT2D eigenvalue weighted by atomic mass is 31.1. The lowest BCUT2D eigenvalue weighted by molar-refractivity contribution is 0.871. The number of hydrogen-bond acceptors (Lipinski definition) is 1. The molecule has 0 saturated carbocycles. The largest absolute Gasteiger partial charge is 0.292 e. The minimum Gasteiger partial charge on any atom is -0.292 e. The van der Waals surface area contributed by atoms with Crippen molar-refractivity contribution in [2.24, 2.45) is 0 Å². The van der Waals surface area contributed by atoms with Crippen LogP contribution in [0.4, 0.5) is 0 Å². The molecule has 0 aliphatic rings. The predicted octanol–water partition coefficient (Wildman–Crippen LogP) is 4.50. The summed E-state index contributed by atoms with van der Waals surface area (Å²) in [4.78, 5) is 0. The highest BCUT2D eigenvalue weighted by Crippen LogP contribution is 2.34.